The highest BCUT2D eigenvalue weighted by Crippen LogP contribution is 2.22. The van der Waals surface area contributed by atoms with E-state index in [1.54, 1.807) is 19.1 Å². The Bertz CT molecular complexity index is 414. The van der Waals surface area contributed by atoms with Crippen molar-refractivity contribution in [3.8, 4) is 6.07 Å². The zero-order valence-corrected chi connectivity index (χ0v) is 9.10. The van der Waals surface area contributed by atoms with Crippen molar-refractivity contribution in [1.29, 1.82) is 5.26 Å². The Morgan fingerprint density at radius 2 is 2.29 bits per heavy atom. The number of benzene rings is 1. The molecule has 0 heterocycles. The van der Waals surface area contributed by atoms with Crippen LogP contribution in [0.3, 0.4) is 0 Å². The van der Waals surface area contributed by atoms with E-state index in [4.69, 9.17) is 22.6 Å². The van der Waals surface area contributed by atoms with E-state index in [-0.39, 0.29) is 0 Å². The molecule has 0 aliphatic carbocycles. The minimum atomic E-state index is -1.39. The molecule has 0 amide bonds. The van der Waals surface area contributed by atoms with Gasteiger partial charge in [0.1, 0.15) is 5.25 Å². The zero-order chi connectivity index (χ0) is 10.7. The number of nitrogens with two attached hydrogens (primary N) is 1. The number of nitrogens with zero attached hydrogens (tertiary/aromatic N) is 1. The van der Waals surface area contributed by atoms with Crippen molar-refractivity contribution >= 4 is 28.1 Å². The molecule has 2 atom stereocenters. The van der Waals surface area contributed by atoms with Gasteiger partial charge in [-0.15, -0.1) is 0 Å². The SMILES string of the molecule is CC(C#N)S(=O)c1ccc(Cl)cc1N. The van der Waals surface area contributed by atoms with Crippen LogP contribution in [0.4, 0.5) is 5.69 Å². The number of nitrogen functional groups attached to an aromatic ring is 1. The quantitative estimate of drug-likeness (QED) is 0.787. The zero-order valence-electron chi connectivity index (χ0n) is 7.53. The van der Waals surface area contributed by atoms with Gasteiger partial charge < -0.3 is 5.73 Å². The van der Waals surface area contributed by atoms with Crippen LogP contribution in [0.5, 0.6) is 0 Å². The van der Waals surface area contributed by atoms with E-state index in [1.165, 1.54) is 6.07 Å². The van der Waals surface area contributed by atoms with Gasteiger partial charge in [-0.25, -0.2) is 0 Å². The predicted molar refractivity (Wildman–Crippen MR) is 57.3 cm³/mol. The van der Waals surface area contributed by atoms with Crippen LogP contribution in [0.1, 0.15) is 6.92 Å². The molecule has 0 spiro atoms. The Morgan fingerprint density at radius 1 is 1.64 bits per heavy atom. The topological polar surface area (TPSA) is 66.9 Å². The van der Waals surface area contributed by atoms with Crippen LogP contribution in [0.15, 0.2) is 23.1 Å². The Kier molecular flexibility index (Phi) is 3.50. The van der Waals surface area contributed by atoms with Gasteiger partial charge in [-0.3, -0.25) is 4.21 Å². The predicted octanol–water partition coefficient (Wildman–Crippen LogP) is 1.94. The molecular weight excluding hydrogens is 220 g/mol. The van der Waals surface area contributed by atoms with Crippen LogP contribution in [0, 0.1) is 11.3 Å². The molecule has 0 aliphatic rings. The smallest absolute Gasteiger partial charge is 0.123 e. The fourth-order valence-electron chi connectivity index (χ4n) is 0.941. The van der Waals surface area contributed by atoms with Crippen molar-refractivity contribution in [2.75, 3.05) is 5.73 Å². The fraction of sp³-hybridized carbons (Fsp3) is 0.222. The largest absolute Gasteiger partial charge is 0.398 e. The molecule has 74 valence electrons. The molecule has 2 N–H and O–H groups in total. The molecule has 0 aromatic heterocycles. The van der Waals surface area contributed by atoms with Gasteiger partial charge in [-0.2, -0.15) is 5.26 Å². The van der Waals surface area contributed by atoms with Gasteiger partial charge in [-0.05, 0) is 25.1 Å². The van der Waals surface area contributed by atoms with Crippen LogP contribution in [0.2, 0.25) is 5.02 Å². The Morgan fingerprint density at radius 3 is 2.79 bits per heavy atom. The van der Waals surface area contributed by atoms with E-state index < -0.39 is 16.0 Å². The van der Waals surface area contributed by atoms with Gasteiger partial charge in [0.2, 0.25) is 0 Å². The number of rotatable bonds is 2. The van der Waals surface area contributed by atoms with Crippen LogP contribution < -0.4 is 5.73 Å². The summed E-state index contributed by atoms with van der Waals surface area (Å²) in [6.07, 6.45) is 0. The molecule has 1 aromatic rings. The highest BCUT2D eigenvalue weighted by molar-refractivity contribution is 7.86. The second-order valence-corrected chi connectivity index (χ2v) is 4.93. The van der Waals surface area contributed by atoms with Gasteiger partial charge >= 0.3 is 0 Å². The molecule has 0 aliphatic heterocycles. The molecule has 1 rings (SSSR count). The van der Waals surface area contributed by atoms with Gasteiger partial charge in [0, 0.05) is 10.7 Å². The third-order valence-electron chi connectivity index (χ3n) is 1.69. The van der Waals surface area contributed by atoms with Gasteiger partial charge in [0.25, 0.3) is 0 Å². The Balaban J connectivity index is 3.09. The summed E-state index contributed by atoms with van der Waals surface area (Å²) in [7, 11) is -1.39. The van der Waals surface area contributed by atoms with Crippen molar-refractivity contribution in [3.63, 3.8) is 0 Å². The summed E-state index contributed by atoms with van der Waals surface area (Å²) in [5, 5.41) is 8.52. The summed E-state index contributed by atoms with van der Waals surface area (Å²) in [5.74, 6) is 0. The maximum absolute atomic E-state index is 11.7. The second kappa shape index (κ2) is 4.45. The van der Waals surface area contributed by atoms with Crippen molar-refractivity contribution in [2.24, 2.45) is 0 Å². The average molecular weight is 229 g/mol. The molecule has 1 aromatic carbocycles. The second-order valence-electron chi connectivity index (χ2n) is 2.75. The molecule has 2 unspecified atom stereocenters. The summed E-state index contributed by atoms with van der Waals surface area (Å²) in [4.78, 5) is 0.462. The average Bonchev–Trinajstić information content (AvgIpc) is 2.15. The lowest BCUT2D eigenvalue weighted by atomic mass is 10.3. The number of nitriles is 1. The molecule has 0 saturated carbocycles. The first-order chi connectivity index (χ1) is 6.56. The first kappa shape index (κ1) is 11.0. The number of anilines is 1. The molecule has 5 heteroatoms. The van der Waals surface area contributed by atoms with E-state index in [2.05, 4.69) is 0 Å². The number of hydrogen-bond donors (Lipinski definition) is 1. The number of halogens is 1. The van der Waals surface area contributed by atoms with Gasteiger partial charge in [-0.1, -0.05) is 11.6 Å². The molecule has 3 nitrogen and oxygen atoms in total. The molecule has 0 saturated heterocycles. The van der Waals surface area contributed by atoms with Gasteiger partial charge in [0.15, 0.2) is 0 Å². The molecule has 14 heavy (non-hydrogen) atoms. The summed E-state index contributed by atoms with van der Waals surface area (Å²) in [6, 6.07) is 6.63. The molecule has 0 radical (unpaired) electrons. The third kappa shape index (κ3) is 2.25. The van der Waals surface area contributed by atoms with Crippen LogP contribution in [-0.4, -0.2) is 9.46 Å². The van der Waals surface area contributed by atoms with E-state index in [9.17, 15) is 4.21 Å². The third-order valence-corrected chi connectivity index (χ3v) is 3.48. The normalized spacial score (nSPS) is 14.4. The summed E-state index contributed by atoms with van der Waals surface area (Å²) in [6.45, 7) is 1.59. The Labute approximate surface area is 89.9 Å². The monoisotopic (exact) mass is 228 g/mol. The summed E-state index contributed by atoms with van der Waals surface area (Å²) >= 11 is 5.69. The van der Waals surface area contributed by atoms with E-state index in [0.717, 1.165) is 0 Å². The lowest BCUT2D eigenvalue weighted by Gasteiger charge is -2.06. The van der Waals surface area contributed by atoms with Crippen molar-refractivity contribution in [2.45, 2.75) is 17.1 Å². The lowest BCUT2D eigenvalue weighted by molar-refractivity contribution is 0.680. The standard InChI is InChI=1S/C9H9ClN2OS/c1-6(5-11)14(13)9-3-2-7(10)4-8(9)12/h2-4,6H,12H2,1H3. The van der Waals surface area contributed by atoms with E-state index >= 15 is 0 Å². The first-order valence-electron chi connectivity index (χ1n) is 3.91. The lowest BCUT2D eigenvalue weighted by Crippen LogP contribution is -2.09. The van der Waals surface area contributed by atoms with Crippen LogP contribution in [0.25, 0.3) is 0 Å². The first-order valence-corrected chi connectivity index (χ1v) is 5.50. The highest BCUT2D eigenvalue weighted by Gasteiger charge is 2.14. The van der Waals surface area contributed by atoms with E-state index in [0.29, 0.717) is 15.6 Å². The van der Waals surface area contributed by atoms with Gasteiger partial charge in [0.05, 0.1) is 21.8 Å². The molecular formula is C9H9ClN2OS. The number of hydrogen-bond acceptors (Lipinski definition) is 3. The van der Waals surface area contributed by atoms with Crippen molar-refractivity contribution in [3.05, 3.63) is 23.2 Å². The fourth-order valence-corrected chi connectivity index (χ4v) is 2.09. The van der Waals surface area contributed by atoms with Crippen molar-refractivity contribution in [1.82, 2.24) is 0 Å². The Hall–Kier alpha value is -1.05. The molecule has 0 fully saturated rings. The molecule has 0 bridgehead atoms. The van der Waals surface area contributed by atoms with Crippen LogP contribution in [-0.2, 0) is 10.8 Å². The maximum atomic E-state index is 11.7. The van der Waals surface area contributed by atoms with Crippen molar-refractivity contribution < 1.29 is 4.21 Å². The minimum absolute atomic E-state index is 0.359. The maximum Gasteiger partial charge on any atom is 0.123 e. The van der Waals surface area contributed by atoms with E-state index in [1.807, 2.05) is 6.07 Å². The minimum Gasteiger partial charge on any atom is -0.398 e. The summed E-state index contributed by atoms with van der Waals surface area (Å²) < 4.78 is 11.7. The summed E-state index contributed by atoms with van der Waals surface area (Å²) in [5.41, 5.74) is 5.99. The highest BCUT2D eigenvalue weighted by atomic mass is 35.5. The van der Waals surface area contributed by atoms with Crippen LogP contribution >= 0.6 is 11.6 Å².